The van der Waals surface area contributed by atoms with Crippen molar-refractivity contribution in [2.45, 2.75) is 6.10 Å². The van der Waals surface area contributed by atoms with Gasteiger partial charge in [0.1, 0.15) is 6.10 Å². The minimum absolute atomic E-state index is 0.217. The molecule has 1 aliphatic heterocycles. The van der Waals surface area contributed by atoms with Gasteiger partial charge in [-0.15, -0.1) is 0 Å². The van der Waals surface area contributed by atoms with Crippen LogP contribution in [0.2, 0.25) is 0 Å². The van der Waals surface area contributed by atoms with Crippen molar-refractivity contribution in [3.63, 3.8) is 0 Å². The Morgan fingerprint density at radius 3 is 2.84 bits per heavy atom. The highest BCUT2D eigenvalue weighted by molar-refractivity contribution is 5.89. The fourth-order valence-electron chi connectivity index (χ4n) is 2.62. The molecule has 0 radical (unpaired) electrons. The van der Waals surface area contributed by atoms with Crippen LogP contribution in [0.3, 0.4) is 0 Å². The van der Waals surface area contributed by atoms with Crippen molar-refractivity contribution in [2.24, 2.45) is 0 Å². The number of benzene rings is 2. The molecule has 3 rings (SSSR count). The van der Waals surface area contributed by atoms with Crippen LogP contribution in [0.1, 0.15) is 17.2 Å². The second-order valence-electron chi connectivity index (χ2n) is 5.60. The number of amides is 2. The van der Waals surface area contributed by atoms with E-state index >= 15 is 0 Å². The fraction of sp³-hybridized carbons (Fsp3) is 0.222. The van der Waals surface area contributed by atoms with Gasteiger partial charge in [-0.05, 0) is 35.9 Å². The van der Waals surface area contributed by atoms with Crippen LogP contribution < -0.4 is 5.32 Å². The average Bonchev–Trinajstić information content (AvgIpc) is 2.64. The van der Waals surface area contributed by atoms with Crippen molar-refractivity contribution < 1.29 is 18.3 Å². The van der Waals surface area contributed by atoms with Gasteiger partial charge in [0.25, 0.3) is 0 Å². The van der Waals surface area contributed by atoms with Crippen molar-refractivity contribution in [1.82, 2.24) is 4.90 Å². The summed E-state index contributed by atoms with van der Waals surface area (Å²) in [5.74, 6) is -1.87. The average molecular weight is 343 g/mol. The van der Waals surface area contributed by atoms with Crippen molar-refractivity contribution in [3.8, 4) is 6.07 Å². The van der Waals surface area contributed by atoms with E-state index in [1.807, 2.05) is 6.07 Å². The third-order valence-corrected chi connectivity index (χ3v) is 3.91. The molecule has 0 unspecified atom stereocenters. The Balaban J connectivity index is 1.69. The van der Waals surface area contributed by atoms with E-state index in [2.05, 4.69) is 5.32 Å². The summed E-state index contributed by atoms with van der Waals surface area (Å²) >= 11 is 0. The number of halogens is 2. The van der Waals surface area contributed by atoms with Gasteiger partial charge in [-0.25, -0.2) is 13.6 Å². The Kier molecular flexibility index (Phi) is 4.91. The lowest BCUT2D eigenvalue weighted by Crippen LogP contribution is -2.44. The molecule has 1 atom stereocenters. The fourth-order valence-corrected chi connectivity index (χ4v) is 2.62. The molecule has 1 N–H and O–H groups in total. The van der Waals surface area contributed by atoms with E-state index in [4.69, 9.17) is 10.00 Å². The molecule has 1 fully saturated rings. The summed E-state index contributed by atoms with van der Waals surface area (Å²) in [5.41, 5.74) is 1.43. The van der Waals surface area contributed by atoms with E-state index < -0.39 is 17.7 Å². The number of urea groups is 1. The van der Waals surface area contributed by atoms with Crippen LogP contribution in [0.15, 0.2) is 42.5 Å². The minimum atomic E-state index is -0.948. The second-order valence-corrected chi connectivity index (χ2v) is 5.60. The number of rotatable bonds is 2. The number of ether oxygens (including phenoxy) is 1. The molecule has 0 saturated carbocycles. The molecule has 25 heavy (non-hydrogen) atoms. The maximum absolute atomic E-state index is 13.4. The van der Waals surface area contributed by atoms with Crippen LogP contribution in [-0.4, -0.2) is 30.6 Å². The third kappa shape index (κ3) is 3.92. The second kappa shape index (κ2) is 7.28. The molecular weight excluding hydrogens is 328 g/mol. The summed E-state index contributed by atoms with van der Waals surface area (Å²) in [6, 6.07) is 11.8. The van der Waals surface area contributed by atoms with Crippen LogP contribution in [0.25, 0.3) is 0 Å². The molecule has 1 heterocycles. The number of carbonyl (C=O) groups is 1. The van der Waals surface area contributed by atoms with E-state index in [1.54, 1.807) is 24.3 Å². The number of nitrogens with one attached hydrogen (secondary N) is 1. The molecule has 0 spiro atoms. The maximum atomic E-state index is 13.4. The summed E-state index contributed by atoms with van der Waals surface area (Å²) in [4.78, 5) is 13.9. The van der Waals surface area contributed by atoms with Crippen LogP contribution in [0, 0.1) is 23.0 Å². The van der Waals surface area contributed by atoms with Gasteiger partial charge in [0.2, 0.25) is 0 Å². The van der Waals surface area contributed by atoms with E-state index in [1.165, 1.54) is 11.0 Å². The number of anilines is 1. The number of hydrogen-bond acceptors (Lipinski definition) is 3. The van der Waals surface area contributed by atoms with E-state index in [0.29, 0.717) is 23.4 Å². The molecule has 1 aliphatic rings. The zero-order chi connectivity index (χ0) is 17.8. The Morgan fingerprint density at radius 1 is 1.24 bits per heavy atom. The van der Waals surface area contributed by atoms with Gasteiger partial charge in [-0.1, -0.05) is 12.1 Å². The van der Waals surface area contributed by atoms with Crippen molar-refractivity contribution in [3.05, 3.63) is 65.2 Å². The number of carbonyl (C=O) groups excluding carboxylic acids is 1. The van der Waals surface area contributed by atoms with Crippen LogP contribution in [0.4, 0.5) is 19.3 Å². The molecule has 1 saturated heterocycles. The highest BCUT2D eigenvalue weighted by Gasteiger charge is 2.26. The lowest BCUT2D eigenvalue weighted by atomic mass is 10.1. The molecule has 128 valence electrons. The molecule has 0 aliphatic carbocycles. The maximum Gasteiger partial charge on any atom is 0.322 e. The lowest BCUT2D eigenvalue weighted by molar-refractivity contribution is -0.0136. The molecular formula is C18H15F2N3O2. The third-order valence-electron chi connectivity index (χ3n) is 3.91. The van der Waals surface area contributed by atoms with E-state index in [9.17, 15) is 13.6 Å². The summed E-state index contributed by atoms with van der Waals surface area (Å²) in [7, 11) is 0. The molecule has 7 heteroatoms. The molecule has 0 bridgehead atoms. The van der Waals surface area contributed by atoms with Gasteiger partial charge in [-0.2, -0.15) is 5.26 Å². The topological polar surface area (TPSA) is 65.4 Å². The Morgan fingerprint density at radius 2 is 2.08 bits per heavy atom. The summed E-state index contributed by atoms with van der Waals surface area (Å²) in [6.07, 6.45) is -0.528. The van der Waals surface area contributed by atoms with Gasteiger partial charge >= 0.3 is 6.03 Å². The largest absolute Gasteiger partial charge is 0.370 e. The van der Waals surface area contributed by atoms with Gasteiger partial charge in [0.05, 0.1) is 24.8 Å². The predicted molar refractivity (Wildman–Crippen MR) is 86.8 cm³/mol. The zero-order valence-corrected chi connectivity index (χ0v) is 13.2. The number of nitriles is 1. The van der Waals surface area contributed by atoms with Crippen LogP contribution in [0.5, 0.6) is 0 Å². The Bertz CT molecular complexity index is 835. The van der Waals surface area contributed by atoms with Gasteiger partial charge in [-0.3, -0.25) is 0 Å². The van der Waals surface area contributed by atoms with E-state index in [-0.39, 0.29) is 19.2 Å². The summed E-state index contributed by atoms with van der Waals surface area (Å²) in [6.45, 7) is 0.883. The minimum Gasteiger partial charge on any atom is -0.370 e. The Hall–Kier alpha value is -2.98. The first kappa shape index (κ1) is 16.9. The lowest BCUT2D eigenvalue weighted by Gasteiger charge is -2.33. The van der Waals surface area contributed by atoms with E-state index in [0.717, 1.165) is 12.1 Å². The summed E-state index contributed by atoms with van der Waals surface area (Å²) in [5, 5.41) is 11.6. The number of morpholine rings is 1. The van der Waals surface area contributed by atoms with Gasteiger partial charge in [0, 0.05) is 12.2 Å². The smallest absolute Gasteiger partial charge is 0.322 e. The molecule has 2 amide bonds. The van der Waals surface area contributed by atoms with Crippen LogP contribution in [-0.2, 0) is 4.74 Å². The Labute approximate surface area is 143 Å². The first-order valence-electron chi connectivity index (χ1n) is 7.69. The monoisotopic (exact) mass is 343 g/mol. The molecule has 0 aromatic heterocycles. The number of nitrogens with zero attached hydrogens (tertiary/aromatic N) is 2. The summed E-state index contributed by atoms with van der Waals surface area (Å²) < 4.78 is 32.0. The first-order chi connectivity index (χ1) is 12.1. The van der Waals surface area contributed by atoms with Crippen molar-refractivity contribution in [1.29, 1.82) is 5.26 Å². The highest BCUT2D eigenvalue weighted by atomic mass is 19.2. The van der Waals surface area contributed by atoms with Gasteiger partial charge < -0.3 is 15.0 Å². The quantitative estimate of drug-likeness (QED) is 0.908. The molecule has 2 aromatic carbocycles. The highest BCUT2D eigenvalue weighted by Crippen LogP contribution is 2.24. The zero-order valence-electron chi connectivity index (χ0n) is 13.2. The van der Waals surface area contributed by atoms with Gasteiger partial charge in [0.15, 0.2) is 11.6 Å². The predicted octanol–water partition coefficient (Wildman–Crippen LogP) is 3.44. The standard InChI is InChI=1S/C18H15F2N3O2/c19-15-5-4-13(9-16(15)20)17-11-23(6-7-25-17)18(24)22-14-3-1-2-12(8-14)10-21/h1-5,8-9,17H,6-7,11H2,(H,22,24)/t17-/m1/s1. The van der Waals surface area contributed by atoms with Crippen LogP contribution >= 0.6 is 0 Å². The first-order valence-corrected chi connectivity index (χ1v) is 7.69. The SMILES string of the molecule is N#Cc1cccc(NC(=O)N2CCO[C@@H](c3ccc(F)c(F)c3)C2)c1. The number of hydrogen-bond donors (Lipinski definition) is 1. The van der Waals surface area contributed by atoms with Crippen molar-refractivity contribution >= 4 is 11.7 Å². The normalized spacial score (nSPS) is 17.0. The molecule has 5 nitrogen and oxygen atoms in total. The molecule has 2 aromatic rings. The van der Waals surface area contributed by atoms with Crippen molar-refractivity contribution in [2.75, 3.05) is 25.0 Å².